The number of carbonyl (C=O) groups is 1. The van der Waals surface area contributed by atoms with Crippen LogP contribution in [0.4, 0.5) is 6.01 Å². The summed E-state index contributed by atoms with van der Waals surface area (Å²) in [6.45, 7) is 3.80. The zero-order valence-electron chi connectivity index (χ0n) is 15.7. The van der Waals surface area contributed by atoms with Gasteiger partial charge in [0.25, 0.3) is 5.91 Å². The molecule has 0 radical (unpaired) electrons. The number of rotatable bonds is 5. The number of nitrogens with one attached hydrogen (secondary N) is 2. The molecule has 0 fully saturated rings. The number of pyridine rings is 1. The van der Waals surface area contributed by atoms with Crippen molar-refractivity contribution in [3.63, 3.8) is 0 Å². The molecule has 1 aromatic carbocycles. The van der Waals surface area contributed by atoms with E-state index in [1.165, 1.54) is 0 Å². The minimum Gasteiger partial charge on any atom is -0.318 e. The van der Waals surface area contributed by atoms with Gasteiger partial charge in [-0.3, -0.25) is 15.2 Å². The molecule has 4 aromatic rings. The summed E-state index contributed by atoms with van der Waals surface area (Å²) in [5.41, 5.74) is 9.10. The van der Waals surface area contributed by atoms with Crippen molar-refractivity contribution in [2.45, 2.75) is 13.8 Å². The molecule has 0 unspecified atom stereocenters. The second-order valence-corrected chi connectivity index (χ2v) is 6.77. The lowest BCUT2D eigenvalue weighted by Gasteiger charge is -2.10. The summed E-state index contributed by atoms with van der Waals surface area (Å²) in [7, 11) is 0. The van der Waals surface area contributed by atoms with Gasteiger partial charge in [-0.05, 0) is 50.2 Å². The summed E-state index contributed by atoms with van der Waals surface area (Å²) in [6, 6.07) is 12.9. The zero-order chi connectivity index (χ0) is 20.4. The number of anilines is 1. The highest BCUT2D eigenvalue weighted by molar-refractivity contribution is 6.30. The Morgan fingerprint density at radius 3 is 2.69 bits per heavy atom. The lowest BCUT2D eigenvalue weighted by Crippen LogP contribution is -2.29. The maximum Gasteiger partial charge on any atom is 0.340 e. The maximum absolute atomic E-state index is 12.7. The van der Waals surface area contributed by atoms with E-state index in [0.29, 0.717) is 16.4 Å². The second-order valence-electron chi connectivity index (χ2n) is 6.34. The Kier molecular flexibility index (Phi) is 5.01. The van der Waals surface area contributed by atoms with Crippen LogP contribution in [-0.4, -0.2) is 25.6 Å². The first-order valence-corrected chi connectivity index (χ1v) is 9.16. The van der Waals surface area contributed by atoms with Crippen LogP contribution in [0, 0.1) is 13.8 Å². The van der Waals surface area contributed by atoms with Gasteiger partial charge in [0, 0.05) is 40.1 Å². The lowest BCUT2D eigenvalue weighted by atomic mass is 10.2. The molecule has 8 nitrogen and oxygen atoms in total. The summed E-state index contributed by atoms with van der Waals surface area (Å²) < 4.78 is 7.09. The fraction of sp³-hybridized carbons (Fsp3) is 0.100. The highest BCUT2D eigenvalue weighted by atomic mass is 35.5. The number of hydrazine groups is 1. The third-order valence-corrected chi connectivity index (χ3v) is 4.62. The molecule has 1 amide bonds. The van der Waals surface area contributed by atoms with Crippen molar-refractivity contribution in [1.29, 1.82) is 0 Å². The van der Waals surface area contributed by atoms with Crippen molar-refractivity contribution < 1.29 is 9.32 Å². The van der Waals surface area contributed by atoms with E-state index in [0.717, 1.165) is 22.6 Å². The maximum atomic E-state index is 12.7. The minimum absolute atomic E-state index is 0.0776. The Balaban J connectivity index is 1.50. The van der Waals surface area contributed by atoms with Crippen molar-refractivity contribution in [3.05, 3.63) is 76.8 Å². The van der Waals surface area contributed by atoms with Crippen molar-refractivity contribution in [2.24, 2.45) is 0 Å². The molecule has 2 N–H and O–H groups in total. The first-order valence-electron chi connectivity index (χ1n) is 8.78. The summed E-state index contributed by atoms with van der Waals surface area (Å²) >= 11 is 6.10. The number of carbonyl (C=O) groups excluding carboxylic acids is 1. The van der Waals surface area contributed by atoms with E-state index in [1.807, 2.05) is 42.7 Å². The summed E-state index contributed by atoms with van der Waals surface area (Å²) in [4.78, 5) is 20.8. The summed E-state index contributed by atoms with van der Waals surface area (Å²) in [5, 5.41) is 4.51. The number of halogens is 1. The van der Waals surface area contributed by atoms with Crippen LogP contribution in [0.25, 0.3) is 17.1 Å². The number of hydrogen-bond donors (Lipinski definition) is 2. The average molecular weight is 409 g/mol. The molecule has 0 atom stereocenters. The molecule has 0 aliphatic heterocycles. The number of hydrogen-bond acceptors (Lipinski definition) is 6. The predicted octanol–water partition coefficient (Wildman–Crippen LogP) is 3.95. The van der Waals surface area contributed by atoms with Crippen LogP contribution in [0.2, 0.25) is 5.02 Å². The average Bonchev–Trinajstić information content (AvgIpc) is 3.31. The van der Waals surface area contributed by atoms with Gasteiger partial charge >= 0.3 is 6.01 Å². The topological polar surface area (TPSA) is 97.9 Å². The van der Waals surface area contributed by atoms with E-state index in [1.54, 1.807) is 30.6 Å². The monoisotopic (exact) mass is 408 g/mol. The molecule has 146 valence electrons. The van der Waals surface area contributed by atoms with Gasteiger partial charge in [-0.15, -0.1) is 0 Å². The zero-order valence-corrected chi connectivity index (χ0v) is 16.4. The van der Waals surface area contributed by atoms with Crippen LogP contribution in [0.1, 0.15) is 21.7 Å². The van der Waals surface area contributed by atoms with Crippen LogP contribution in [0.15, 0.2) is 59.4 Å². The third kappa shape index (κ3) is 3.83. The van der Waals surface area contributed by atoms with E-state index in [2.05, 4.69) is 26.0 Å². The number of nitrogens with zero attached hydrogens (tertiary/aromatic N) is 4. The van der Waals surface area contributed by atoms with Crippen molar-refractivity contribution in [1.82, 2.24) is 25.1 Å². The van der Waals surface area contributed by atoms with Gasteiger partial charge in [-0.2, -0.15) is 4.98 Å². The molecule has 29 heavy (non-hydrogen) atoms. The standard InChI is InChI=1S/C20H17ClN6O2/c1-12-10-17(13(2)27(12)16-5-3-4-15(21)11-16)19(28)24-25-20-23-18(26-29-20)14-6-8-22-9-7-14/h3-11H,1-2H3,(H,24,28)(H,23,25,26). The van der Waals surface area contributed by atoms with Gasteiger partial charge < -0.3 is 9.09 Å². The van der Waals surface area contributed by atoms with Crippen LogP contribution in [0.3, 0.4) is 0 Å². The molecule has 0 aliphatic carbocycles. The van der Waals surface area contributed by atoms with Gasteiger partial charge in [-0.1, -0.05) is 22.8 Å². The van der Waals surface area contributed by atoms with Crippen molar-refractivity contribution >= 4 is 23.5 Å². The molecule has 0 aliphatic rings. The largest absolute Gasteiger partial charge is 0.340 e. The molecular formula is C20H17ClN6O2. The molecule has 3 aromatic heterocycles. The molecule has 4 rings (SSSR count). The van der Waals surface area contributed by atoms with Gasteiger partial charge in [0.05, 0.1) is 5.56 Å². The van der Waals surface area contributed by atoms with Crippen LogP contribution in [0.5, 0.6) is 0 Å². The molecule has 0 saturated heterocycles. The summed E-state index contributed by atoms with van der Waals surface area (Å²) in [5.74, 6) is 0.0679. The fourth-order valence-corrected chi connectivity index (χ4v) is 3.26. The Morgan fingerprint density at radius 2 is 1.93 bits per heavy atom. The number of aromatic nitrogens is 4. The minimum atomic E-state index is -0.324. The Morgan fingerprint density at radius 1 is 1.14 bits per heavy atom. The highest BCUT2D eigenvalue weighted by Gasteiger charge is 2.17. The Labute approximate surface area is 171 Å². The molecule has 0 saturated carbocycles. The van der Waals surface area contributed by atoms with Gasteiger partial charge in [0.2, 0.25) is 5.82 Å². The first-order chi connectivity index (χ1) is 14.0. The van der Waals surface area contributed by atoms with E-state index in [4.69, 9.17) is 16.1 Å². The van der Waals surface area contributed by atoms with Crippen LogP contribution < -0.4 is 10.9 Å². The smallest absolute Gasteiger partial charge is 0.318 e. The van der Waals surface area contributed by atoms with Gasteiger partial charge in [0.15, 0.2) is 0 Å². The number of aryl methyl sites for hydroxylation is 1. The van der Waals surface area contributed by atoms with Crippen molar-refractivity contribution in [2.75, 3.05) is 5.43 Å². The molecule has 9 heteroatoms. The van der Waals surface area contributed by atoms with Crippen molar-refractivity contribution in [3.8, 4) is 17.1 Å². The molecular weight excluding hydrogens is 392 g/mol. The van der Waals surface area contributed by atoms with E-state index in [-0.39, 0.29) is 11.9 Å². The van der Waals surface area contributed by atoms with E-state index >= 15 is 0 Å². The highest BCUT2D eigenvalue weighted by Crippen LogP contribution is 2.23. The lowest BCUT2D eigenvalue weighted by molar-refractivity contribution is 0.0960. The fourth-order valence-electron chi connectivity index (χ4n) is 3.08. The molecule has 0 bridgehead atoms. The Hall–Kier alpha value is -3.65. The summed E-state index contributed by atoms with van der Waals surface area (Å²) in [6.07, 6.45) is 3.27. The SMILES string of the molecule is Cc1cc(C(=O)NNc2nc(-c3ccncc3)no2)c(C)n1-c1cccc(Cl)c1. The predicted molar refractivity (Wildman–Crippen MR) is 109 cm³/mol. The van der Waals surface area contributed by atoms with E-state index < -0.39 is 0 Å². The van der Waals surface area contributed by atoms with Gasteiger partial charge in [0.1, 0.15) is 0 Å². The van der Waals surface area contributed by atoms with Crippen LogP contribution >= 0.6 is 11.6 Å². The van der Waals surface area contributed by atoms with E-state index in [9.17, 15) is 4.79 Å². The first kappa shape index (κ1) is 18.7. The molecule has 0 spiro atoms. The third-order valence-electron chi connectivity index (χ3n) is 4.39. The quantitative estimate of drug-likeness (QED) is 0.485. The van der Waals surface area contributed by atoms with Crippen LogP contribution in [-0.2, 0) is 0 Å². The number of amides is 1. The second kappa shape index (κ2) is 7.76. The number of benzene rings is 1. The Bertz CT molecular complexity index is 1170. The van der Waals surface area contributed by atoms with Gasteiger partial charge in [-0.25, -0.2) is 5.43 Å². The normalized spacial score (nSPS) is 10.7. The molecule has 3 heterocycles.